The van der Waals surface area contributed by atoms with Gasteiger partial charge in [0, 0.05) is 12.2 Å². The topological polar surface area (TPSA) is 69.7 Å². The van der Waals surface area contributed by atoms with E-state index >= 15 is 0 Å². The van der Waals surface area contributed by atoms with Crippen molar-refractivity contribution in [2.24, 2.45) is 0 Å². The first-order valence-corrected chi connectivity index (χ1v) is 8.12. The molecule has 3 rings (SSSR count). The number of nitrogens with zero attached hydrogens (tertiary/aromatic N) is 2. The second-order valence-electron chi connectivity index (χ2n) is 5.77. The van der Waals surface area contributed by atoms with E-state index < -0.39 is 6.03 Å². The predicted octanol–water partition coefficient (Wildman–Crippen LogP) is 1.81. The molecule has 4 amide bonds. The molecule has 0 aliphatic carbocycles. The van der Waals surface area contributed by atoms with Crippen molar-refractivity contribution in [2.75, 3.05) is 24.5 Å². The molecule has 1 aliphatic heterocycles. The van der Waals surface area contributed by atoms with Crippen LogP contribution in [0.15, 0.2) is 60.7 Å². The largest absolute Gasteiger partial charge is 0.354 e. The number of anilines is 1. The van der Waals surface area contributed by atoms with Gasteiger partial charge in [0.2, 0.25) is 5.91 Å². The van der Waals surface area contributed by atoms with Crippen LogP contribution in [0.3, 0.4) is 0 Å². The van der Waals surface area contributed by atoms with Crippen LogP contribution in [0, 0.1) is 0 Å². The number of urea groups is 1. The molecule has 2 aromatic rings. The minimum atomic E-state index is -0.464. The van der Waals surface area contributed by atoms with E-state index in [2.05, 4.69) is 5.32 Å². The van der Waals surface area contributed by atoms with Crippen molar-refractivity contribution in [3.05, 3.63) is 66.2 Å². The van der Waals surface area contributed by atoms with E-state index in [4.69, 9.17) is 0 Å². The first-order chi connectivity index (χ1) is 12.1. The van der Waals surface area contributed by atoms with Crippen LogP contribution in [0.1, 0.15) is 5.56 Å². The number of carbonyl (C=O) groups is 3. The fourth-order valence-electron chi connectivity index (χ4n) is 2.70. The normalized spacial score (nSPS) is 14.1. The number of hydrogen-bond donors (Lipinski definition) is 1. The van der Waals surface area contributed by atoms with Crippen LogP contribution < -0.4 is 10.2 Å². The fraction of sp³-hybridized carbons (Fsp3) is 0.211. The van der Waals surface area contributed by atoms with Crippen molar-refractivity contribution in [1.29, 1.82) is 0 Å². The highest BCUT2D eigenvalue weighted by Crippen LogP contribution is 2.20. The van der Waals surface area contributed by atoms with E-state index in [1.165, 1.54) is 4.90 Å². The van der Waals surface area contributed by atoms with Crippen molar-refractivity contribution in [3.63, 3.8) is 0 Å². The highest BCUT2D eigenvalue weighted by atomic mass is 16.2. The number of rotatable bonds is 6. The van der Waals surface area contributed by atoms with Gasteiger partial charge in [-0.15, -0.1) is 0 Å². The third kappa shape index (κ3) is 4.03. The van der Waals surface area contributed by atoms with Crippen LogP contribution >= 0.6 is 0 Å². The van der Waals surface area contributed by atoms with Gasteiger partial charge in [-0.25, -0.2) is 4.79 Å². The van der Waals surface area contributed by atoms with E-state index in [0.717, 1.165) is 10.5 Å². The molecule has 1 aliphatic rings. The number of carbonyl (C=O) groups excluding carboxylic acids is 3. The van der Waals surface area contributed by atoms with Gasteiger partial charge >= 0.3 is 6.03 Å². The average molecular weight is 337 g/mol. The lowest BCUT2D eigenvalue weighted by atomic mass is 10.1. The molecule has 128 valence electrons. The summed E-state index contributed by atoms with van der Waals surface area (Å²) in [4.78, 5) is 38.9. The SMILES string of the molecule is O=C(CN1C(=O)CN(c2ccccc2)C1=O)NCCc1ccccc1. The Balaban J connectivity index is 1.52. The van der Waals surface area contributed by atoms with Gasteiger partial charge in [-0.3, -0.25) is 19.4 Å². The Morgan fingerprint density at radius 3 is 2.28 bits per heavy atom. The minimum absolute atomic E-state index is 0.0415. The zero-order chi connectivity index (χ0) is 17.6. The van der Waals surface area contributed by atoms with E-state index in [1.807, 2.05) is 36.4 Å². The van der Waals surface area contributed by atoms with Crippen LogP contribution in [0.4, 0.5) is 10.5 Å². The molecule has 1 heterocycles. The second-order valence-corrected chi connectivity index (χ2v) is 5.77. The van der Waals surface area contributed by atoms with Crippen molar-refractivity contribution in [2.45, 2.75) is 6.42 Å². The smallest absolute Gasteiger partial charge is 0.332 e. The van der Waals surface area contributed by atoms with Gasteiger partial charge in [0.15, 0.2) is 0 Å². The van der Waals surface area contributed by atoms with Crippen molar-refractivity contribution in [3.8, 4) is 0 Å². The molecule has 2 aromatic carbocycles. The monoisotopic (exact) mass is 337 g/mol. The van der Waals surface area contributed by atoms with Gasteiger partial charge in [0.25, 0.3) is 5.91 Å². The summed E-state index contributed by atoms with van der Waals surface area (Å²) in [5.41, 5.74) is 1.76. The Labute approximate surface area is 146 Å². The summed E-state index contributed by atoms with van der Waals surface area (Å²) >= 11 is 0. The van der Waals surface area contributed by atoms with Gasteiger partial charge < -0.3 is 5.32 Å². The van der Waals surface area contributed by atoms with Gasteiger partial charge in [0.05, 0.1) is 0 Å². The quantitative estimate of drug-likeness (QED) is 0.818. The molecule has 0 radical (unpaired) electrons. The first-order valence-electron chi connectivity index (χ1n) is 8.12. The lowest BCUT2D eigenvalue weighted by molar-refractivity contribution is -0.130. The van der Waals surface area contributed by atoms with Crippen molar-refractivity contribution >= 4 is 23.5 Å². The Kier molecular flexibility index (Phi) is 5.09. The molecule has 0 bridgehead atoms. The van der Waals surface area contributed by atoms with Crippen LogP contribution in [0.5, 0.6) is 0 Å². The molecule has 0 unspecified atom stereocenters. The summed E-state index contributed by atoms with van der Waals surface area (Å²) in [7, 11) is 0. The molecule has 1 fully saturated rings. The Morgan fingerprint density at radius 2 is 1.60 bits per heavy atom. The molecule has 0 atom stereocenters. The van der Waals surface area contributed by atoms with E-state index in [-0.39, 0.29) is 24.9 Å². The van der Waals surface area contributed by atoms with E-state index in [1.54, 1.807) is 24.3 Å². The maximum Gasteiger partial charge on any atom is 0.332 e. The summed E-state index contributed by atoms with van der Waals surface area (Å²) in [6.07, 6.45) is 0.699. The number of para-hydroxylation sites is 1. The Hall–Kier alpha value is -3.15. The molecule has 6 nitrogen and oxygen atoms in total. The number of amides is 4. The zero-order valence-corrected chi connectivity index (χ0v) is 13.7. The maximum atomic E-state index is 12.4. The van der Waals surface area contributed by atoms with E-state index in [9.17, 15) is 14.4 Å². The molecular weight excluding hydrogens is 318 g/mol. The highest BCUT2D eigenvalue weighted by Gasteiger charge is 2.37. The molecule has 0 spiro atoms. The summed E-state index contributed by atoms with van der Waals surface area (Å²) in [6, 6.07) is 18.3. The number of benzene rings is 2. The van der Waals surface area contributed by atoms with Gasteiger partial charge in [-0.05, 0) is 24.1 Å². The van der Waals surface area contributed by atoms with Crippen LogP contribution in [0.2, 0.25) is 0 Å². The third-order valence-electron chi connectivity index (χ3n) is 4.00. The molecule has 0 saturated carbocycles. The fourth-order valence-corrected chi connectivity index (χ4v) is 2.70. The Bertz CT molecular complexity index is 762. The van der Waals surface area contributed by atoms with Crippen LogP contribution in [-0.2, 0) is 16.0 Å². The Morgan fingerprint density at radius 1 is 0.960 bits per heavy atom. The van der Waals surface area contributed by atoms with Crippen LogP contribution in [0.25, 0.3) is 0 Å². The summed E-state index contributed by atoms with van der Waals surface area (Å²) in [5, 5.41) is 2.75. The summed E-state index contributed by atoms with van der Waals surface area (Å²) < 4.78 is 0. The van der Waals surface area contributed by atoms with Crippen molar-refractivity contribution < 1.29 is 14.4 Å². The van der Waals surface area contributed by atoms with Crippen molar-refractivity contribution in [1.82, 2.24) is 10.2 Å². The molecule has 6 heteroatoms. The standard InChI is InChI=1S/C19H19N3O3/c23-17(20-12-11-15-7-3-1-4-8-15)13-22-18(24)14-21(19(22)25)16-9-5-2-6-10-16/h1-10H,11-14H2,(H,20,23). The van der Waals surface area contributed by atoms with Gasteiger partial charge in [0.1, 0.15) is 13.1 Å². The third-order valence-corrected chi connectivity index (χ3v) is 4.00. The number of imide groups is 1. The molecule has 1 saturated heterocycles. The van der Waals surface area contributed by atoms with Crippen LogP contribution in [-0.4, -0.2) is 42.4 Å². The molecule has 25 heavy (non-hydrogen) atoms. The zero-order valence-electron chi connectivity index (χ0n) is 13.7. The number of nitrogens with one attached hydrogen (secondary N) is 1. The van der Waals surface area contributed by atoms with E-state index in [0.29, 0.717) is 18.7 Å². The highest BCUT2D eigenvalue weighted by molar-refractivity contribution is 6.13. The summed E-state index contributed by atoms with van der Waals surface area (Å²) in [5.74, 6) is -0.709. The average Bonchev–Trinajstić information content (AvgIpc) is 2.91. The molecule has 0 aromatic heterocycles. The van der Waals surface area contributed by atoms with Gasteiger partial charge in [-0.2, -0.15) is 0 Å². The summed E-state index contributed by atoms with van der Waals surface area (Å²) in [6.45, 7) is 0.164. The first kappa shape index (κ1) is 16.7. The molecular formula is C19H19N3O3. The lowest BCUT2D eigenvalue weighted by Gasteiger charge is -2.16. The predicted molar refractivity (Wildman–Crippen MR) is 94.1 cm³/mol. The van der Waals surface area contributed by atoms with Gasteiger partial charge in [-0.1, -0.05) is 48.5 Å². The number of hydrogen-bond acceptors (Lipinski definition) is 3. The second kappa shape index (κ2) is 7.61. The maximum absolute atomic E-state index is 12.4. The molecule has 1 N–H and O–H groups in total. The lowest BCUT2D eigenvalue weighted by Crippen LogP contribution is -2.42. The minimum Gasteiger partial charge on any atom is -0.354 e.